The lowest BCUT2D eigenvalue weighted by Crippen LogP contribution is -2.30. The molecule has 40 heavy (non-hydrogen) atoms. The number of thioether (sulfide) groups is 1. The van der Waals surface area contributed by atoms with Gasteiger partial charge in [0.1, 0.15) is 17.3 Å². The van der Waals surface area contributed by atoms with E-state index in [1.807, 2.05) is 37.3 Å². The van der Waals surface area contributed by atoms with Gasteiger partial charge in [-0.15, -0.1) is 11.8 Å². The van der Waals surface area contributed by atoms with Gasteiger partial charge in [-0.2, -0.15) is 0 Å². The van der Waals surface area contributed by atoms with Crippen molar-refractivity contribution in [1.29, 1.82) is 0 Å². The lowest BCUT2D eigenvalue weighted by molar-refractivity contribution is -0.115. The number of amides is 3. The maximum Gasteiger partial charge on any atom is 0.272 e. The van der Waals surface area contributed by atoms with Gasteiger partial charge >= 0.3 is 0 Å². The molecule has 1 heterocycles. The van der Waals surface area contributed by atoms with E-state index in [4.69, 9.17) is 4.74 Å². The summed E-state index contributed by atoms with van der Waals surface area (Å²) in [6.07, 6.45) is 3.19. The van der Waals surface area contributed by atoms with Crippen molar-refractivity contribution in [2.24, 2.45) is 0 Å². The van der Waals surface area contributed by atoms with Gasteiger partial charge in [0.2, 0.25) is 5.91 Å². The quantitative estimate of drug-likeness (QED) is 0.174. The van der Waals surface area contributed by atoms with Crippen molar-refractivity contribution in [3.05, 3.63) is 120 Å². The minimum atomic E-state index is -0.501. The van der Waals surface area contributed by atoms with Crippen LogP contribution in [0, 0.1) is 0 Å². The van der Waals surface area contributed by atoms with Gasteiger partial charge in [-0.3, -0.25) is 14.4 Å². The molecule has 3 N–H and O–H groups in total. The third-order valence-corrected chi connectivity index (χ3v) is 6.79. The summed E-state index contributed by atoms with van der Waals surface area (Å²) in [5.74, 6) is -0.0275. The van der Waals surface area contributed by atoms with Crippen LogP contribution in [0.4, 0.5) is 11.5 Å². The fraction of sp³-hybridized carbons (Fsp3) is 0.0968. The second-order valence-electron chi connectivity index (χ2n) is 8.56. The van der Waals surface area contributed by atoms with Crippen LogP contribution in [0.15, 0.2) is 114 Å². The van der Waals surface area contributed by atoms with Crippen molar-refractivity contribution >= 4 is 47.1 Å². The summed E-state index contributed by atoms with van der Waals surface area (Å²) in [4.78, 5) is 43.7. The fourth-order valence-electron chi connectivity index (χ4n) is 3.62. The molecule has 0 fully saturated rings. The van der Waals surface area contributed by atoms with Gasteiger partial charge < -0.3 is 20.7 Å². The number of nitrogens with one attached hydrogen (secondary N) is 3. The molecule has 0 aliphatic heterocycles. The van der Waals surface area contributed by atoms with Crippen LogP contribution in [0.2, 0.25) is 0 Å². The first kappa shape index (κ1) is 28.1. The lowest BCUT2D eigenvalue weighted by Gasteiger charge is -2.14. The summed E-state index contributed by atoms with van der Waals surface area (Å²) in [5.41, 5.74) is 1.63. The van der Waals surface area contributed by atoms with Crippen LogP contribution in [-0.4, -0.2) is 35.1 Å². The first-order valence-corrected chi connectivity index (χ1v) is 13.3. The first-order valence-electron chi connectivity index (χ1n) is 12.4. The SMILES string of the molecule is COc1ccccc1/C=C(\NC(=O)c1ccccc1)C(=O)Nc1ccc(SC(C)C(=O)Nc2ccccn2)cc1. The van der Waals surface area contributed by atoms with E-state index in [-0.39, 0.29) is 16.9 Å². The van der Waals surface area contributed by atoms with Gasteiger partial charge in [-0.05, 0) is 67.6 Å². The van der Waals surface area contributed by atoms with Crippen molar-refractivity contribution in [2.75, 3.05) is 17.7 Å². The Hall–Kier alpha value is -4.89. The van der Waals surface area contributed by atoms with Crippen LogP contribution in [0.3, 0.4) is 0 Å². The summed E-state index contributed by atoms with van der Waals surface area (Å²) in [6, 6.07) is 28.3. The van der Waals surface area contributed by atoms with E-state index in [2.05, 4.69) is 20.9 Å². The van der Waals surface area contributed by atoms with E-state index in [1.165, 1.54) is 18.9 Å². The Labute approximate surface area is 236 Å². The number of carbonyl (C=O) groups excluding carboxylic acids is 3. The number of aromatic nitrogens is 1. The van der Waals surface area contributed by atoms with Gasteiger partial charge in [0.05, 0.1) is 12.4 Å². The average Bonchev–Trinajstić information content (AvgIpc) is 2.99. The number of hydrogen-bond acceptors (Lipinski definition) is 6. The highest BCUT2D eigenvalue weighted by Gasteiger charge is 2.17. The molecule has 0 saturated carbocycles. The molecule has 1 aromatic heterocycles. The Morgan fingerprint density at radius 3 is 2.25 bits per heavy atom. The van der Waals surface area contributed by atoms with Crippen LogP contribution in [0.1, 0.15) is 22.8 Å². The Balaban J connectivity index is 1.46. The molecule has 8 nitrogen and oxygen atoms in total. The average molecular weight is 553 g/mol. The fourth-order valence-corrected chi connectivity index (χ4v) is 4.49. The molecule has 0 spiro atoms. The number of rotatable bonds is 10. The second kappa shape index (κ2) is 13.8. The molecule has 3 aromatic carbocycles. The molecule has 0 aliphatic carbocycles. The standard InChI is InChI=1S/C31H28N4O4S/c1-21(29(36)35-28-14-8-9-19-32-28)40-25-17-15-24(16-18-25)33-31(38)26(20-23-12-6-7-13-27(23)39-2)34-30(37)22-10-4-3-5-11-22/h3-21H,1-2H3,(H,33,38)(H,34,37)(H,32,35,36)/b26-20-. The number of nitrogens with zero attached hydrogens (tertiary/aromatic N) is 1. The molecule has 0 aliphatic rings. The van der Waals surface area contributed by atoms with E-state index in [9.17, 15) is 14.4 Å². The second-order valence-corrected chi connectivity index (χ2v) is 9.98. The van der Waals surface area contributed by atoms with Crippen LogP contribution in [0.25, 0.3) is 6.08 Å². The highest BCUT2D eigenvalue weighted by molar-refractivity contribution is 8.00. The first-order chi connectivity index (χ1) is 19.4. The Morgan fingerprint density at radius 2 is 1.55 bits per heavy atom. The van der Waals surface area contributed by atoms with E-state index in [0.717, 1.165) is 4.90 Å². The van der Waals surface area contributed by atoms with Crippen molar-refractivity contribution in [2.45, 2.75) is 17.1 Å². The highest BCUT2D eigenvalue weighted by Crippen LogP contribution is 2.26. The number of hydrogen-bond donors (Lipinski definition) is 3. The summed E-state index contributed by atoms with van der Waals surface area (Å²) in [5, 5.41) is 7.98. The Bertz CT molecular complexity index is 1490. The predicted octanol–water partition coefficient (Wildman–Crippen LogP) is 5.62. The zero-order chi connectivity index (χ0) is 28.3. The minimum absolute atomic E-state index is 0.0524. The number of methoxy groups -OCH3 is 1. The number of para-hydroxylation sites is 1. The summed E-state index contributed by atoms with van der Waals surface area (Å²) in [6.45, 7) is 1.81. The molecule has 1 atom stereocenters. The molecule has 0 radical (unpaired) electrons. The van der Waals surface area contributed by atoms with Gasteiger partial charge in [0.25, 0.3) is 11.8 Å². The van der Waals surface area contributed by atoms with Gasteiger partial charge in [-0.25, -0.2) is 4.98 Å². The van der Waals surface area contributed by atoms with Crippen molar-refractivity contribution in [3.8, 4) is 5.75 Å². The molecular formula is C31H28N4O4S. The maximum atomic E-state index is 13.3. The maximum absolute atomic E-state index is 13.3. The molecule has 3 amide bonds. The number of anilines is 2. The zero-order valence-electron chi connectivity index (χ0n) is 22.0. The summed E-state index contributed by atoms with van der Waals surface area (Å²) < 4.78 is 5.41. The van der Waals surface area contributed by atoms with Crippen molar-refractivity contribution < 1.29 is 19.1 Å². The number of pyridine rings is 1. The van der Waals surface area contributed by atoms with Gasteiger partial charge in [0.15, 0.2) is 0 Å². The van der Waals surface area contributed by atoms with Crippen LogP contribution < -0.4 is 20.7 Å². The highest BCUT2D eigenvalue weighted by atomic mass is 32.2. The predicted molar refractivity (Wildman–Crippen MR) is 158 cm³/mol. The molecule has 202 valence electrons. The topological polar surface area (TPSA) is 109 Å². The lowest BCUT2D eigenvalue weighted by atomic mass is 10.1. The summed E-state index contributed by atoms with van der Waals surface area (Å²) in [7, 11) is 1.54. The van der Waals surface area contributed by atoms with Crippen molar-refractivity contribution in [3.63, 3.8) is 0 Å². The molecule has 4 rings (SSSR count). The summed E-state index contributed by atoms with van der Waals surface area (Å²) >= 11 is 1.38. The largest absolute Gasteiger partial charge is 0.496 e. The monoisotopic (exact) mass is 552 g/mol. The normalized spacial score (nSPS) is 11.7. The number of benzene rings is 3. The third kappa shape index (κ3) is 7.81. The minimum Gasteiger partial charge on any atom is -0.496 e. The van der Waals surface area contributed by atoms with Gasteiger partial charge in [-0.1, -0.05) is 42.5 Å². The van der Waals surface area contributed by atoms with E-state index < -0.39 is 11.8 Å². The number of carbonyl (C=O) groups is 3. The number of ether oxygens (including phenoxy) is 1. The Kier molecular flexibility index (Phi) is 9.68. The van der Waals surface area contributed by atoms with Crippen molar-refractivity contribution in [1.82, 2.24) is 10.3 Å². The third-order valence-electron chi connectivity index (χ3n) is 5.68. The van der Waals surface area contributed by atoms with Crippen LogP contribution in [0.5, 0.6) is 5.75 Å². The molecule has 9 heteroatoms. The molecule has 1 unspecified atom stereocenters. The molecular weight excluding hydrogens is 524 g/mol. The van der Waals surface area contributed by atoms with E-state index in [0.29, 0.717) is 28.4 Å². The van der Waals surface area contributed by atoms with E-state index in [1.54, 1.807) is 79.0 Å². The molecule has 4 aromatic rings. The van der Waals surface area contributed by atoms with Gasteiger partial charge in [0, 0.05) is 27.9 Å². The smallest absolute Gasteiger partial charge is 0.272 e. The molecule has 0 saturated heterocycles. The van der Waals surface area contributed by atoms with Crippen LogP contribution >= 0.6 is 11.8 Å². The van der Waals surface area contributed by atoms with Crippen LogP contribution in [-0.2, 0) is 9.59 Å². The Morgan fingerprint density at radius 1 is 0.850 bits per heavy atom. The van der Waals surface area contributed by atoms with E-state index >= 15 is 0 Å². The molecule has 0 bridgehead atoms. The zero-order valence-corrected chi connectivity index (χ0v) is 22.8.